The van der Waals surface area contributed by atoms with Gasteiger partial charge in [0.05, 0.1) is 6.54 Å². The molecule has 0 saturated heterocycles. The first kappa shape index (κ1) is 18.1. The summed E-state index contributed by atoms with van der Waals surface area (Å²) < 4.78 is 0. The number of nitro groups is 1. The lowest BCUT2D eigenvalue weighted by molar-refractivity contribution is -0.563. The van der Waals surface area contributed by atoms with Crippen molar-refractivity contribution in [2.75, 3.05) is 13.1 Å². The molecule has 4 nitrogen and oxygen atoms in total. The summed E-state index contributed by atoms with van der Waals surface area (Å²) in [6.45, 7) is 4.71. The molecule has 2 aromatic rings. The van der Waals surface area contributed by atoms with Crippen LogP contribution in [0.3, 0.4) is 0 Å². The van der Waals surface area contributed by atoms with E-state index in [2.05, 4.69) is 53.8 Å². The number of nitrogens with zero attached hydrogens (tertiary/aromatic N) is 1. The monoisotopic (exact) mass is 326 g/mol. The van der Waals surface area contributed by atoms with Gasteiger partial charge in [0.15, 0.2) is 0 Å². The third-order valence-electron chi connectivity index (χ3n) is 4.72. The Morgan fingerprint density at radius 2 is 1.54 bits per heavy atom. The van der Waals surface area contributed by atoms with E-state index >= 15 is 0 Å². The van der Waals surface area contributed by atoms with Crippen LogP contribution >= 0.6 is 0 Å². The topological polar surface area (TPSA) is 55.2 Å². The van der Waals surface area contributed by atoms with Gasteiger partial charge in [-0.05, 0) is 24.1 Å². The first-order valence-electron chi connectivity index (χ1n) is 8.52. The van der Waals surface area contributed by atoms with Crippen molar-refractivity contribution in [2.45, 2.75) is 38.1 Å². The minimum atomic E-state index is -0.894. The number of rotatable bonds is 9. The van der Waals surface area contributed by atoms with Gasteiger partial charge in [-0.25, -0.2) is 0 Å². The van der Waals surface area contributed by atoms with E-state index in [4.69, 9.17) is 0 Å². The molecule has 4 heteroatoms. The van der Waals surface area contributed by atoms with Crippen molar-refractivity contribution in [3.63, 3.8) is 0 Å². The van der Waals surface area contributed by atoms with Crippen molar-refractivity contribution >= 4 is 0 Å². The lowest BCUT2D eigenvalue weighted by Gasteiger charge is -2.22. The maximum absolute atomic E-state index is 11.2. The maximum atomic E-state index is 11.2. The highest BCUT2D eigenvalue weighted by molar-refractivity contribution is 5.32. The van der Waals surface area contributed by atoms with Gasteiger partial charge in [0.2, 0.25) is 5.54 Å². The van der Waals surface area contributed by atoms with Gasteiger partial charge < -0.3 is 5.32 Å². The summed E-state index contributed by atoms with van der Waals surface area (Å²) in [6, 6.07) is 20.8. The van der Waals surface area contributed by atoms with Gasteiger partial charge in [-0.1, -0.05) is 67.6 Å². The van der Waals surface area contributed by atoms with E-state index in [-0.39, 0.29) is 4.92 Å². The molecule has 2 aromatic carbocycles. The number of nitrogens with one attached hydrogen (secondary N) is 1. The van der Waals surface area contributed by atoms with Crippen LogP contribution in [0.25, 0.3) is 0 Å². The second-order valence-electron chi connectivity index (χ2n) is 6.45. The van der Waals surface area contributed by atoms with E-state index in [1.165, 1.54) is 11.1 Å². The molecule has 0 aliphatic rings. The Labute approximate surface area is 144 Å². The highest BCUT2D eigenvalue weighted by Gasteiger charge is 2.34. The van der Waals surface area contributed by atoms with E-state index in [9.17, 15) is 10.1 Å². The number of hydrogen-bond donors (Lipinski definition) is 1. The third kappa shape index (κ3) is 4.65. The summed E-state index contributed by atoms with van der Waals surface area (Å²) in [4.78, 5) is 11.0. The van der Waals surface area contributed by atoms with Crippen LogP contribution in [0.4, 0.5) is 0 Å². The third-order valence-corrected chi connectivity index (χ3v) is 4.72. The molecule has 2 rings (SSSR count). The predicted octanol–water partition coefficient (Wildman–Crippen LogP) is 4.24. The van der Waals surface area contributed by atoms with Gasteiger partial charge in [0.25, 0.3) is 0 Å². The second kappa shape index (κ2) is 8.60. The van der Waals surface area contributed by atoms with Crippen molar-refractivity contribution in [3.05, 3.63) is 81.9 Å². The van der Waals surface area contributed by atoms with Gasteiger partial charge in [-0.3, -0.25) is 10.1 Å². The van der Waals surface area contributed by atoms with Crippen molar-refractivity contribution in [2.24, 2.45) is 0 Å². The Kier molecular flexibility index (Phi) is 6.50. The Morgan fingerprint density at radius 3 is 1.96 bits per heavy atom. The largest absolute Gasteiger partial charge is 0.310 e. The molecule has 0 fully saturated rings. The molecule has 1 unspecified atom stereocenters. The van der Waals surface area contributed by atoms with E-state index in [1.807, 2.05) is 19.1 Å². The summed E-state index contributed by atoms with van der Waals surface area (Å²) in [5, 5.41) is 14.5. The molecule has 128 valence electrons. The Bertz CT molecular complexity index is 591. The highest BCUT2D eigenvalue weighted by Crippen LogP contribution is 2.27. The van der Waals surface area contributed by atoms with Crippen LogP contribution in [0.2, 0.25) is 0 Å². The van der Waals surface area contributed by atoms with E-state index in [0.29, 0.717) is 18.9 Å². The van der Waals surface area contributed by atoms with Crippen molar-refractivity contribution in [1.82, 2.24) is 5.32 Å². The summed E-state index contributed by atoms with van der Waals surface area (Å²) in [6.07, 6.45) is 1.43. The van der Waals surface area contributed by atoms with E-state index < -0.39 is 5.54 Å². The van der Waals surface area contributed by atoms with Crippen LogP contribution in [-0.4, -0.2) is 23.6 Å². The molecule has 0 aliphatic heterocycles. The van der Waals surface area contributed by atoms with Gasteiger partial charge in [0.1, 0.15) is 0 Å². The van der Waals surface area contributed by atoms with Crippen LogP contribution in [0.15, 0.2) is 60.7 Å². The highest BCUT2D eigenvalue weighted by atomic mass is 16.6. The molecular weight excluding hydrogens is 300 g/mol. The first-order chi connectivity index (χ1) is 11.6. The predicted molar refractivity (Wildman–Crippen MR) is 97.9 cm³/mol. The molecule has 0 spiro atoms. The van der Waals surface area contributed by atoms with Gasteiger partial charge in [0, 0.05) is 24.2 Å². The first-order valence-corrected chi connectivity index (χ1v) is 8.52. The van der Waals surface area contributed by atoms with Gasteiger partial charge in [-0.15, -0.1) is 0 Å². The van der Waals surface area contributed by atoms with Crippen molar-refractivity contribution in [3.8, 4) is 0 Å². The molecular formula is C20H26N2O2. The average molecular weight is 326 g/mol. The Balaban J connectivity index is 2.01. The molecule has 0 aliphatic carbocycles. The van der Waals surface area contributed by atoms with Crippen LogP contribution in [0.5, 0.6) is 0 Å². The minimum Gasteiger partial charge on any atom is -0.310 e. The van der Waals surface area contributed by atoms with Crippen molar-refractivity contribution < 1.29 is 4.92 Å². The normalized spacial score (nSPS) is 13.6. The molecule has 0 amide bonds. The average Bonchev–Trinajstić information content (AvgIpc) is 2.62. The lowest BCUT2D eigenvalue weighted by atomic mass is 9.88. The molecule has 1 atom stereocenters. The summed E-state index contributed by atoms with van der Waals surface area (Å²) in [5.41, 5.74) is 1.66. The van der Waals surface area contributed by atoms with E-state index in [0.717, 1.165) is 13.0 Å². The van der Waals surface area contributed by atoms with Crippen LogP contribution in [-0.2, 0) is 0 Å². The zero-order valence-corrected chi connectivity index (χ0v) is 14.4. The van der Waals surface area contributed by atoms with Crippen LogP contribution < -0.4 is 5.32 Å². The lowest BCUT2D eigenvalue weighted by Crippen LogP contribution is -2.44. The van der Waals surface area contributed by atoms with Crippen molar-refractivity contribution in [1.29, 1.82) is 0 Å². The zero-order chi connectivity index (χ0) is 17.4. The summed E-state index contributed by atoms with van der Waals surface area (Å²) in [7, 11) is 0. The second-order valence-corrected chi connectivity index (χ2v) is 6.45. The summed E-state index contributed by atoms with van der Waals surface area (Å²) >= 11 is 0. The maximum Gasteiger partial charge on any atom is 0.231 e. The molecule has 0 saturated carbocycles. The van der Waals surface area contributed by atoms with E-state index in [1.54, 1.807) is 6.92 Å². The fraction of sp³-hybridized carbons (Fsp3) is 0.400. The standard InChI is InChI=1S/C20H26N2O2/c1-3-20(2,22(23)24)16-21-15-14-19(17-10-6-4-7-11-17)18-12-8-5-9-13-18/h4-13,19,21H,3,14-16H2,1-2H3. The molecule has 24 heavy (non-hydrogen) atoms. The SMILES string of the molecule is CCC(C)(CNCCC(c1ccccc1)c1ccccc1)[N+](=O)[O-]. The molecule has 1 N–H and O–H groups in total. The molecule has 0 bridgehead atoms. The number of benzene rings is 2. The number of hydrogen-bond acceptors (Lipinski definition) is 3. The van der Waals surface area contributed by atoms with Crippen LogP contribution in [0, 0.1) is 10.1 Å². The van der Waals surface area contributed by atoms with Gasteiger partial charge >= 0.3 is 0 Å². The zero-order valence-electron chi connectivity index (χ0n) is 14.4. The minimum absolute atomic E-state index is 0.175. The summed E-state index contributed by atoms with van der Waals surface area (Å²) in [5.74, 6) is 0.295. The quantitative estimate of drug-likeness (QED) is 0.426. The molecule has 0 radical (unpaired) electrons. The Morgan fingerprint density at radius 1 is 1.04 bits per heavy atom. The molecule has 0 aromatic heterocycles. The fourth-order valence-electron chi connectivity index (χ4n) is 2.82. The van der Waals surface area contributed by atoms with Crippen LogP contribution in [0.1, 0.15) is 43.7 Å². The molecule has 0 heterocycles. The Hall–Kier alpha value is -2.20. The fourth-order valence-corrected chi connectivity index (χ4v) is 2.82. The smallest absolute Gasteiger partial charge is 0.231 e. The van der Waals surface area contributed by atoms with Gasteiger partial charge in [-0.2, -0.15) is 0 Å².